The average Bonchev–Trinajstić information content (AvgIpc) is 3.08. The van der Waals surface area contributed by atoms with E-state index in [9.17, 15) is 4.39 Å². The van der Waals surface area contributed by atoms with Crippen LogP contribution in [0.1, 0.15) is 29.3 Å². The topological polar surface area (TPSA) is 33.5 Å². The smallest absolute Gasteiger partial charge is 0.141 e. The van der Waals surface area contributed by atoms with Gasteiger partial charge in [-0.3, -0.25) is 0 Å². The van der Waals surface area contributed by atoms with Gasteiger partial charge in [0.05, 0.1) is 31.6 Å². The van der Waals surface area contributed by atoms with Crippen molar-refractivity contribution in [2.45, 2.75) is 32.7 Å². The average molecular weight is 398 g/mol. The van der Waals surface area contributed by atoms with Crippen LogP contribution >= 0.6 is 11.3 Å². The number of anilines is 1. The number of rotatable bonds is 3. The number of aryl methyl sites for hydroxylation is 1. The highest BCUT2D eigenvalue weighted by molar-refractivity contribution is 7.19. The first-order valence-corrected chi connectivity index (χ1v) is 11.1. The van der Waals surface area contributed by atoms with Crippen molar-refractivity contribution in [2.24, 2.45) is 5.92 Å². The molecular formula is C22H26FN4S+. The molecule has 1 aromatic carbocycles. The van der Waals surface area contributed by atoms with E-state index in [0.717, 1.165) is 55.7 Å². The van der Waals surface area contributed by atoms with E-state index in [1.165, 1.54) is 34.2 Å². The van der Waals surface area contributed by atoms with Crippen molar-refractivity contribution in [3.8, 4) is 0 Å². The molecule has 28 heavy (non-hydrogen) atoms. The van der Waals surface area contributed by atoms with Gasteiger partial charge in [-0.15, -0.1) is 11.3 Å². The molecule has 1 atom stereocenters. The van der Waals surface area contributed by atoms with E-state index >= 15 is 0 Å². The molecule has 6 heteroatoms. The molecule has 1 aliphatic heterocycles. The number of hydrogen-bond donors (Lipinski definition) is 1. The summed E-state index contributed by atoms with van der Waals surface area (Å²) in [6.07, 6.45) is 5.37. The Morgan fingerprint density at radius 3 is 2.75 bits per heavy atom. The van der Waals surface area contributed by atoms with Crippen molar-refractivity contribution in [1.29, 1.82) is 0 Å². The molecule has 4 nitrogen and oxygen atoms in total. The van der Waals surface area contributed by atoms with E-state index in [1.807, 2.05) is 23.5 Å². The lowest BCUT2D eigenvalue weighted by Crippen LogP contribution is -3.13. The third-order valence-corrected chi connectivity index (χ3v) is 7.40. The Morgan fingerprint density at radius 1 is 1.18 bits per heavy atom. The molecule has 146 valence electrons. The molecule has 0 unspecified atom stereocenters. The lowest BCUT2D eigenvalue weighted by Gasteiger charge is -2.33. The second-order valence-electron chi connectivity index (χ2n) is 8.27. The van der Waals surface area contributed by atoms with Gasteiger partial charge in [0.2, 0.25) is 0 Å². The summed E-state index contributed by atoms with van der Waals surface area (Å²) in [5.74, 6) is 1.72. The zero-order valence-electron chi connectivity index (χ0n) is 16.2. The number of thiophene rings is 1. The van der Waals surface area contributed by atoms with Crippen LogP contribution in [0.15, 0.2) is 30.6 Å². The zero-order valence-corrected chi connectivity index (χ0v) is 17.1. The molecule has 3 heterocycles. The maximum atomic E-state index is 13.1. The number of piperazine rings is 1. The van der Waals surface area contributed by atoms with Crippen LogP contribution in [0.4, 0.5) is 10.2 Å². The van der Waals surface area contributed by atoms with Gasteiger partial charge in [0.1, 0.15) is 29.3 Å². The molecule has 3 aromatic rings. The van der Waals surface area contributed by atoms with E-state index < -0.39 is 0 Å². The number of nitrogens with zero attached hydrogens (tertiary/aromatic N) is 3. The van der Waals surface area contributed by atoms with Crippen molar-refractivity contribution >= 4 is 27.4 Å². The molecule has 0 radical (unpaired) electrons. The van der Waals surface area contributed by atoms with Gasteiger partial charge >= 0.3 is 0 Å². The van der Waals surface area contributed by atoms with Gasteiger partial charge in [-0.2, -0.15) is 0 Å². The number of aromatic nitrogens is 2. The Bertz CT molecular complexity index is 976. The van der Waals surface area contributed by atoms with E-state index in [-0.39, 0.29) is 5.82 Å². The molecule has 0 spiro atoms. The molecule has 0 amide bonds. The van der Waals surface area contributed by atoms with Crippen molar-refractivity contribution in [3.05, 3.63) is 52.4 Å². The predicted molar refractivity (Wildman–Crippen MR) is 112 cm³/mol. The number of fused-ring (bicyclic) bond motifs is 3. The van der Waals surface area contributed by atoms with Gasteiger partial charge in [0.25, 0.3) is 0 Å². The lowest BCUT2D eigenvalue weighted by molar-refractivity contribution is -0.914. The predicted octanol–water partition coefficient (Wildman–Crippen LogP) is 2.86. The Labute approximate surface area is 169 Å². The van der Waals surface area contributed by atoms with Gasteiger partial charge in [0.15, 0.2) is 0 Å². The minimum Gasteiger partial charge on any atom is -0.345 e. The van der Waals surface area contributed by atoms with Crippen LogP contribution < -0.4 is 9.80 Å². The van der Waals surface area contributed by atoms with Crippen molar-refractivity contribution < 1.29 is 9.29 Å². The molecule has 2 aliphatic rings. The Kier molecular flexibility index (Phi) is 4.77. The maximum Gasteiger partial charge on any atom is 0.141 e. The summed E-state index contributed by atoms with van der Waals surface area (Å²) in [7, 11) is 0. The van der Waals surface area contributed by atoms with E-state index in [1.54, 1.807) is 23.4 Å². The van der Waals surface area contributed by atoms with Crippen LogP contribution in [0.3, 0.4) is 0 Å². The fourth-order valence-corrected chi connectivity index (χ4v) is 5.79. The Balaban J connectivity index is 1.34. The second kappa shape index (κ2) is 7.41. The highest BCUT2D eigenvalue weighted by Crippen LogP contribution is 2.40. The molecule has 1 fully saturated rings. The molecule has 0 saturated carbocycles. The lowest BCUT2D eigenvalue weighted by atomic mass is 9.88. The third-order valence-electron chi connectivity index (χ3n) is 6.20. The first-order chi connectivity index (χ1) is 13.7. The van der Waals surface area contributed by atoms with E-state index in [2.05, 4.69) is 16.8 Å². The largest absolute Gasteiger partial charge is 0.345 e. The summed E-state index contributed by atoms with van der Waals surface area (Å²) in [6.45, 7) is 7.47. The molecular weight excluding hydrogens is 371 g/mol. The monoisotopic (exact) mass is 397 g/mol. The molecule has 2 aromatic heterocycles. The Morgan fingerprint density at radius 2 is 1.96 bits per heavy atom. The summed E-state index contributed by atoms with van der Waals surface area (Å²) in [6, 6.07) is 6.93. The van der Waals surface area contributed by atoms with Gasteiger partial charge in [-0.25, -0.2) is 14.4 Å². The maximum absolute atomic E-state index is 13.1. The van der Waals surface area contributed by atoms with E-state index in [0.29, 0.717) is 0 Å². The summed E-state index contributed by atoms with van der Waals surface area (Å²) in [4.78, 5) is 16.0. The quantitative estimate of drug-likeness (QED) is 0.738. The molecule has 1 saturated heterocycles. The zero-order chi connectivity index (χ0) is 19.1. The fraction of sp³-hybridized carbons (Fsp3) is 0.455. The highest BCUT2D eigenvalue weighted by atomic mass is 32.1. The standard InChI is InChI=1S/C22H25FN4S/c1-15-2-7-19-18(12-15)20-21(24-14-25-22(20)28-19)27-10-8-26(9-11-27)13-16-3-5-17(23)6-4-16/h3-6,14-15H,2,7-13H2,1H3/p+1/t15-/m0/s1. The first kappa shape index (κ1) is 18.0. The minimum atomic E-state index is -0.162. The number of quaternary nitrogens is 1. The second-order valence-corrected chi connectivity index (χ2v) is 9.35. The molecule has 1 aliphatic carbocycles. The van der Waals surface area contributed by atoms with Crippen molar-refractivity contribution in [2.75, 3.05) is 31.1 Å². The van der Waals surface area contributed by atoms with Crippen molar-refractivity contribution in [1.82, 2.24) is 9.97 Å². The fourth-order valence-electron chi connectivity index (χ4n) is 4.61. The van der Waals surface area contributed by atoms with Crippen LogP contribution in [0.2, 0.25) is 0 Å². The SMILES string of the molecule is C[C@H]1CCc2sc3ncnc(N4CC[NH+](Cc5ccc(F)cc5)CC4)c3c2C1. The molecule has 5 rings (SSSR count). The highest BCUT2D eigenvalue weighted by Gasteiger charge is 2.27. The van der Waals surface area contributed by atoms with Gasteiger partial charge in [0, 0.05) is 10.4 Å². The van der Waals surface area contributed by atoms with Crippen molar-refractivity contribution in [3.63, 3.8) is 0 Å². The number of halogens is 1. The number of hydrogen-bond acceptors (Lipinski definition) is 4. The summed E-state index contributed by atoms with van der Waals surface area (Å²) in [5, 5.41) is 1.32. The van der Waals surface area contributed by atoms with Crippen LogP contribution in [0, 0.1) is 11.7 Å². The van der Waals surface area contributed by atoms with Crippen LogP contribution in [0.5, 0.6) is 0 Å². The molecule has 0 bridgehead atoms. The summed E-state index contributed by atoms with van der Waals surface area (Å²) in [5.41, 5.74) is 2.71. The van der Waals surface area contributed by atoms with E-state index in [4.69, 9.17) is 4.98 Å². The number of benzene rings is 1. The Hall–Kier alpha value is -2.05. The third kappa shape index (κ3) is 3.40. The minimum absolute atomic E-state index is 0.162. The van der Waals surface area contributed by atoms with Gasteiger partial charge < -0.3 is 9.80 Å². The first-order valence-electron chi connectivity index (χ1n) is 10.3. The van der Waals surface area contributed by atoms with Crippen LogP contribution in [0.25, 0.3) is 10.2 Å². The summed E-state index contributed by atoms with van der Waals surface area (Å²) < 4.78 is 13.1. The van der Waals surface area contributed by atoms with Gasteiger partial charge in [-0.05, 0) is 42.9 Å². The normalized spacial score (nSPS) is 20.5. The van der Waals surface area contributed by atoms with Crippen LogP contribution in [-0.4, -0.2) is 36.1 Å². The molecule has 1 N–H and O–H groups in total. The number of nitrogens with one attached hydrogen (secondary N) is 1. The summed E-state index contributed by atoms with van der Waals surface area (Å²) >= 11 is 1.87. The van der Waals surface area contributed by atoms with Crippen LogP contribution in [-0.2, 0) is 19.4 Å². The van der Waals surface area contributed by atoms with Gasteiger partial charge in [-0.1, -0.05) is 19.1 Å².